The van der Waals surface area contributed by atoms with Crippen molar-refractivity contribution in [3.05, 3.63) is 107 Å². The minimum Gasteiger partial charge on any atom is -0.277 e. The summed E-state index contributed by atoms with van der Waals surface area (Å²) in [7, 11) is 0. The summed E-state index contributed by atoms with van der Waals surface area (Å²) < 4.78 is -0.141. The van der Waals surface area contributed by atoms with E-state index in [1.54, 1.807) is 0 Å². The van der Waals surface area contributed by atoms with Gasteiger partial charge < -0.3 is 0 Å². The van der Waals surface area contributed by atoms with Gasteiger partial charge in [0.15, 0.2) is 0 Å². The lowest BCUT2D eigenvalue weighted by Gasteiger charge is -2.47. The molecule has 0 saturated heterocycles. The molecule has 0 aliphatic carbocycles. The zero-order valence-electron chi connectivity index (χ0n) is 14.4. The summed E-state index contributed by atoms with van der Waals surface area (Å²) in [5.74, 6) is 0.534. The first-order valence-electron chi connectivity index (χ1n) is 8.82. The number of benzene rings is 3. The van der Waals surface area contributed by atoms with Gasteiger partial charge in [-0.25, -0.2) is 0 Å². The Hall–Kier alpha value is -1.65. The van der Waals surface area contributed by atoms with Crippen LogP contribution < -0.4 is 0 Å². The Balaban J connectivity index is 1.85. The van der Waals surface area contributed by atoms with E-state index in [-0.39, 0.29) is 3.55 Å². The van der Waals surface area contributed by atoms with Crippen LogP contribution in [0.1, 0.15) is 35.1 Å². The third-order valence-corrected chi connectivity index (χ3v) is 7.04. The third-order valence-electron chi connectivity index (χ3n) is 5.15. The molecule has 2 unspecified atom stereocenters. The van der Waals surface area contributed by atoms with Crippen molar-refractivity contribution in [2.45, 2.75) is 22.9 Å². The minimum atomic E-state index is -0.141. The molecule has 4 rings (SSSR count). The van der Waals surface area contributed by atoms with Crippen molar-refractivity contribution in [3.63, 3.8) is 0 Å². The molecule has 0 N–H and O–H groups in total. The zero-order chi connectivity index (χ0) is 17.3. The van der Waals surface area contributed by atoms with Crippen molar-refractivity contribution in [1.82, 2.24) is 4.90 Å². The summed E-state index contributed by atoms with van der Waals surface area (Å²) in [5, 5.41) is 0. The fourth-order valence-electron chi connectivity index (χ4n) is 3.93. The zero-order valence-corrected chi connectivity index (χ0v) is 16.6. The topological polar surface area (TPSA) is 3.24 Å². The Labute approximate surface area is 163 Å². The van der Waals surface area contributed by atoms with Gasteiger partial charge >= 0.3 is 0 Å². The van der Waals surface area contributed by atoms with E-state index in [0.717, 1.165) is 13.1 Å². The second-order valence-electron chi connectivity index (χ2n) is 6.84. The molecule has 0 bridgehead atoms. The molecule has 3 aromatic rings. The second kappa shape index (κ2) is 6.93. The van der Waals surface area contributed by atoms with Crippen molar-refractivity contribution in [1.29, 1.82) is 0 Å². The van der Waals surface area contributed by atoms with Gasteiger partial charge in [-0.1, -0.05) is 114 Å². The molecule has 1 aliphatic rings. The van der Waals surface area contributed by atoms with E-state index in [1.165, 1.54) is 22.3 Å². The molecular weight excluding hydrogens is 417 g/mol. The van der Waals surface area contributed by atoms with Crippen LogP contribution in [0.2, 0.25) is 0 Å². The fraction of sp³-hybridized carbons (Fsp3) is 0.217. The maximum atomic E-state index is 2.67. The van der Waals surface area contributed by atoms with Crippen molar-refractivity contribution in [3.8, 4) is 0 Å². The van der Waals surface area contributed by atoms with Crippen molar-refractivity contribution in [2.75, 3.05) is 6.54 Å². The highest BCUT2D eigenvalue weighted by molar-refractivity contribution is 14.1. The molecule has 0 fully saturated rings. The van der Waals surface area contributed by atoms with Gasteiger partial charge in [0.05, 0.1) is 0 Å². The van der Waals surface area contributed by atoms with Crippen molar-refractivity contribution < 1.29 is 0 Å². The number of hydrogen-bond acceptors (Lipinski definition) is 1. The first-order valence-corrected chi connectivity index (χ1v) is 9.90. The number of rotatable bonds is 3. The van der Waals surface area contributed by atoms with Crippen LogP contribution in [0, 0.1) is 0 Å². The average Bonchev–Trinajstić information content (AvgIpc) is 2.67. The highest BCUT2D eigenvalue weighted by atomic mass is 127. The lowest BCUT2D eigenvalue weighted by Crippen LogP contribution is -2.47. The molecule has 25 heavy (non-hydrogen) atoms. The van der Waals surface area contributed by atoms with Crippen LogP contribution in [0.15, 0.2) is 84.9 Å². The largest absolute Gasteiger partial charge is 0.277 e. The smallest absolute Gasteiger partial charge is 0.125 e. The Morgan fingerprint density at radius 3 is 2.20 bits per heavy atom. The quantitative estimate of drug-likeness (QED) is 0.277. The first kappa shape index (κ1) is 16.8. The van der Waals surface area contributed by atoms with Gasteiger partial charge in [0.25, 0.3) is 0 Å². The van der Waals surface area contributed by atoms with Crippen molar-refractivity contribution >= 4 is 22.6 Å². The summed E-state index contributed by atoms with van der Waals surface area (Å²) in [4.78, 5) is 2.63. The molecule has 0 radical (unpaired) electrons. The predicted molar refractivity (Wildman–Crippen MR) is 113 cm³/mol. The lowest BCUT2D eigenvalue weighted by atomic mass is 9.83. The summed E-state index contributed by atoms with van der Waals surface area (Å²) in [6.45, 7) is 4.36. The third kappa shape index (κ3) is 3.02. The number of hydrogen-bond donors (Lipinski definition) is 0. The molecule has 2 heteroatoms. The van der Waals surface area contributed by atoms with Crippen LogP contribution in [0.4, 0.5) is 0 Å². The Morgan fingerprint density at radius 1 is 0.880 bits per heavy atom. The molecule has 0 amide bonds. The van der Waals surface area contributed by atoms with Gasteiger partial charge in [-0.3, -0.25) is 4.90 Å². The number of nitrogens with zero attached hydrogens (tertiary/aromatic N) is 1. The maximum absolute atomic E-state index is 2.67. The Morgan fingerprint density at radius 2 is 1.48 bits per heavy atom. The summed E-state index contributed by atoms with van der Waals surface area (Å²) in [6, 6.07) is 30.7. The molecule has 126 valence electrons. The molecule has 0 spiro atoms. The van der Waals surface area contributed by atoms with Gasteiger partial charge in [0.1, 0.15) is 3.55 Å². The molecule has 3 aromatic carbocycles. The van der Waals surface area contributed by atoms with E-state index in [2.05, 4.69) is 119 Å². The van der Waals surface area contributed by atoms with Gasteiger partial charge in [-0.05, 0) is 28.2 Å². The minimum absolute atomic E-state index is 0.141. The van der Waals surface area contributed by atoms with E-state index < -0.39 is 0 Å². The van der Waals surface area contributed by atoms with Crippen LogP contribution in [-0.4, -0.2) is 11.4 Å². The van der Waals surface area contributed by atoms with Crippen molar-refractivity contribution in [2.24, 2.45) is 0 Å². The highest BCUT2D eigenvalue weighted by Crippen LogP contribution is 2.49. The standard InChI is InChI=1S/C23H22IN/c1-18-16-25(17-19-10-4-2-5-11-19)23(24,20-12-6-3-7-13-20)22-15-9-8-14-21(18)22/h2-15,18H,16-17H2,1H3. The van der Waals surface area contributed by atoms with Crippen LogP contribution in [0.25, 0.3) is 0 Å². The Bertz CT molecular complexity index is 846. The monoisotopic (exact) mass is 439 g/mol. The Kier molecular flexibility index (Phi) is 4.65. The number of alkyl halides is 1. The molecule has 0 saturated carbocycles. The molecule has 1 nitrogen and oxygen atoms in total. The van der Waals surface area contributed by atoms with Crippen LogP contribution >= 0.6 is 22.6 Å². The molecule has 0 aromatic heterocycles. The summed E-state index contributed by atoms with van der Waals surface area (Å²) in [6.07, 6.45) is 0. The van der Waals surface area contributed by atoms with Gasteiger partial charge in [0, 0.05) is 13.1 Å². The van der Waals surface area contributed by atoms with E-state index in [9.17, 15) is 0 Å². The molecule has 2 atom stereocenters. The van der Waals surface area contributed by atoms with E-state index in [0.29, 0.717) is 5.92 Å². The van der Waals surface area contributed by atoms with Crippen LogP contribution in [0.5, 0.6) is 0 Å². The van der Waals surface area contributed by atoms with Gasteiger partial charge in [0.2, 0.25) is 0 Å². The molecule has 1 heterocycles. The first-order chi connectivity index (χ1) is 12.2. The summed E-state index contributed by atoms with van der Waals surface area (Å²) >= 11 is 2.67. The average molecular weight is 439 g/mol. The lowest BCUT2D eigenvalue weighted by molar-refractivity contribution is 0.175. The SMILES string of the molecule is CC1CN(Cc2ccccc2)C(I)(c2ccccc2)c2ccccc21. The molecular formula is C23H22IN. The normalized spacial score (nSPS) is 23.2. The second-order valence-corrected chi connectivity index (χ2v) is 8.40. The van der Waals surface area contributed by atoms with Gasteiger partial charge in [-0.15, -0.1) is 0 Å². The van der Waals surface area contributed by atoms with E-state index >= 15 is 0 Å². The molecule has 1 aliphatic heterocycles. The van der Waals surface area contributed by atoms with Crippen LogP contribution in [-0.2, 0) is 10.1 Å². The predicted octanol–water partition coefficient (Wildman–Crippen LogP) is 5.94. The number of halogens is 1. The van der Waals surface area contributed by atoms with Gasteiger partial charge in [-0.2, -0.15) is 0 Å². The van der Waals surface area contributed by atoms with Crippen LogP contribution in [0.3, 0.4) is 0 Å². The van der Waals surface area contributed by atoms with E-state index in [1.807, 2.05) is 0 Å². The van der Waals surface area contributed by atoms with E-state index in [4.69, 9.17) is 0 Å². The summed E-state index contributed by atoms with van der Waals surface area (Å²) in [5.41, 5.74) is 5.62. The fourth-order valence-corrected chi connectivity index (χ4v) is 5.15. The number of fused-ring (bicyclic) bond motifs is 1. The maximum Gasteiger partial charge on any atom is 0.125 e. The highest BCUT2D eigenvalue weighted by Gasteiger charge is 2.43.